The molecule has 0 bridgehead atoms. The van der Waals surface area contributed by atoms with Crippen molar-refractivity contribution in [3.8, 4) is 5.75 Å². The quantitative estimate of drug-likeness (QED) is 0.380. The van der Waals surface area contributed by atoms with E-state index >= 15 is 0 Å². The Kier molecular flexibility index (Phi) is 7.15. The SMILES string of the molecule is Cc1ccc(C(NC(=O)Cc2ccc(OCc3cccnc3C)cc2)c2cncs2)c(C)c1. The van der Waals surface area contributed by atoms with Crippen LogP contribution in [0.5, 0.6) is 5.75 Å². The molecule has 2 aromatic carbocycles. The van der Waals surface area contributed by atoms with Crippen molar-refractivity contribution in [3.63, 3.8) is 0 Å². The number of amides is 1. The van der Waals surface area contributed by atoms with Crippen LogP contribution in [0.1, 0.15) is 44.4 Å². The molecule has 6 heteroatoms. The molecular weight excluding hydrogens is 430 g/mol. The molecule has 0 fully saturated rings. The van der Waals surface area contributed by atoms with E-state index in [2.05, 4.69) is 47.3 Å². The standard InChI is InChI=1S/C27H27N3O2S/c1-18-6-11-24(19(2)13-18)27(25-15-28-17-33-25)30-26(31)14-21-7-9-23(10-8-21)32-16-22-5-4-12-29-20(22)3/h4-13,15,17,27H,14,16H2,1-3H3,(H,30,31). The highest BCUT2D eigenvalue weighted by Gasteiger charge is 2.20. The fraction of sp³-hybridized carbons (Fsp3) is 0.222. The van der Waals surface area contributed by atoms with Crippen LogP contribution in [0.3, 0.4) is 0 Å². The van der Waals surface area contributed by atoms with Gasteiger partial charge in [0.15, 0.2) is 0 Å². The zero-order valence-corrected chi connectivity index (χ0v) is 19.9. The molecule has 1 atom stereocenters. The van der Waals surface area contributed by atoms with Gasteiger partial charge in [-0.25, -0.2) is 0 Å². The molecule has 4 aromatic rings. The van der Waals surface area contributed by atoms with E-state index in [4.69, 9.17) is 4.74 Å². The lowest BCUT2D eigenvalue weighted by molar-refractivity contribution is -0.120. The van der Waals surface area contributed by atoms with Crippen LogP contribution in [0.15, 0.2) is 72.5 Å². The Labute approximate surface area is 198 Å². The van der Waals surface area contributed by atoms with Gasteiger partial charge in [-0.2, -0.15) is 0 Å². The third-order valence-corrected chi connectivity index (χ3v) is 6.42. The van der Waals surface area contributed by atoms with Crippen molar-refractivity contribution >= 4 is 17.2 Å². The molecule has 0 saturated carbocycles. The van der Waals surface area contributed by atoms with Crippen LogP contribution in [0.25, 0.3) is 0 Å². The van der Waals surface area contributed by atoms with Crippen molar-refractivity contribution in [2.24, 2.45) is 0 Å². The molecule has 1 amide bonds. The first-order valence-electron chi connectivity index (χ1n) is 10.9. The molecule has 33 heavy (non-hydrogen) atoms. The summed E-state index contributed by atoms with van der Waals surface area (Å²) in [6.07, 6.45) is 3.89. The molecule has 0 aliphatic heterocycles. The number of ether oxygens (including phenoxy) is 1. The molecule has 0 aliphatic rings. The van der Waals surface area contributed by atoms with Gasteiger partial charge in [-0.3, -0.25) is 14.8 Å². The summed E-state index contributed by atoms with van der Waals surface area (Å²) in [4.78, 5) is 22.5. The third kappa shape index (κ3) is 5.84. The molecule has 1 N–H and O–H groups in total. The van der Waals surface area contributed by atoms with E-state index in [9.17, 15) is 4.79 Å². The van der Waals surface area contributed by atoms with Crippen LogP contribution in [0, 0.1) is 20.8 Å². The largest absolute Gasteiger partial charge is 0.489 e. The highest BCUT2D eigenvalue weighted by atomic mass is 32.1. The number of thiazole rings is 1. The summed E-state index contributed by atoms with van der Waals surface area (Å²) in [5, 5.41) is 3.21. The highest BCUT2D eigenvalue weighted by Crippen LogP contribution is 2.28. The summed E-state index contributed by atoms with van der Waals surface area (Å²) < 4.78 is 5.88. The summed E-state index contributed by atoms with van der Waals surface area (Å²) in [5.74, 6) is 0.730. The molecule has 0 radical (unpaired) electrons. The Hall–Kier alpha value is -3.51. The number of hydrogen-bond donors (Lipinski definition) is 1. The van der Waals surface area contributed by atoms with Gasteiger partial charge in [0.2, 0.25) is 5.91 Å². The minimum absolute atomic E-state index is 0.0342. The second-order valence-corrected chi connectivity index (χ2v) is 9.04. The average Bonchev–Trinajstić information content (AvgIpc) is 3.33. The first kappa shape index (κ1) is 22.7. The minimum atomic E-state index is -0.212. The van der Waals surface area contributed by atoms with Gasteiger partial charge in [-0.05, 0) is 55.7 Å². The number of aromatic nitrogens is 2. The monoisotopic (exact) mass is 457 g/mol. The van der Waals surface area contributed by atoms with E-state index in [1.54, 1.807) is 23.0 Å². The van der Waals surface area contributed by atoms with Gasteiger partial charge < -0.3 is 10.1 Å². The van der Waals surface area contributed by atoms with E-state index < -0.39 is 0 Å². The smallest absolute Gasteiger partial charge is 0.225 e. The van der Waals surface area contributed by atoms with Gasteiger partial charge in [-0.1, -0.05) is 42.0 Å². The second-order valence-electron chi connectivity index (χ2n) is 8.12. The Morgan fingerprint density at radius 2 is 1.91 bits per heavy atom. The summed E-state index contributed by atoms with van der Waals surface area (Å²) >= 11 is 1.55. The van der Waals surface area contributed by atoms with Crippen molar-refractivity contribution in [2.75, 3.05) is 0 Å². The summed E-state index contributed by atoms with van der Waals surface area (Å²) in [5.41, 5.74) is 8.19. The molecule has 1 unspecified atom stereocenters. The van der Waals surface area contributed by atoms with Gasteiger partial charge in [0.25, 0.3) is 0 Å². The van der Waals surface area contributed by atoms with E-state index in [1.807, 2.05) is 49.5 Å². The predicted molar refractivity (Wildman–Crippen MR) is 131 cm³/mol. The third-order valence-electron chi connectivity index (χ3n) is 5.58. The Bertz CT molecular complexity index is 1220. The van der Waals surface area contributed by atoms with Gasteiger partial charge in [-0.15, -0.1) is 11.3 Å². The van der Waals surface area contributed by atoms with Crippen LogP contribution in [-0.2, 0) is 17.8 Å². The molecule has 0 aliphatic carbocycles. The summed E-state index contributed by atoms with van der Waals surface area (Å²) in [7, 11) is 0. The number of hydrogen-bond acceptors (Lipinski definition) is 5. The van der Waals surface area contributed by atoms with Crippen molar-refractivity contribution in [2.45, 2.75) is 39.8 Å². The number of rotatable bonds is 8. The molecule has 168 valence electrons. The Balaban J connectivity index is 1.41. The molecule has 0 saturated heterocycles. The van der Waals surface area contributed by atoms with E-state index in [-0.39, 0.29) is 11.9 Å². The van der Waals surface area contributed by atoms with Gasteiger partial charge in [0.1, 0.15) is 12.4 Å². The Morgan fingerprint density at radius 3 is 2.61 bits per heavy atom. The zero-order chi connectivity index (χ0) is 23.2. The van der Waals surface area contributed by atoms with E-state index in [0.717, 1.165) is 38.6 Å². The van der Waals surface area contributed by atoms with Crippen LogP contribution >= 0.6 is 11.3 Å². The number of aryl methyl sites for hydroxylation is 3. The molecule has 0 spiro atoms. The normalized spacial score (nSPS) is 11.7. The van der Waals surface area contributed by atoms with E-state index in [0.29, 0.717) is 13.0 Å². The zero-order valence-electron chi connectivity index (χ0n) is 19.0. The van der Waals surface area contributed by atoms with Crippen LogP contribution < -0.4 is 10.1 Å². The molecule has 2 heterocycles. The fourth-order valence-corrected chi connectivity index (χ4v) is 4.44. The lowest BCUT2D eigenvalue weighted by atomic mass is 9.98. The summed E-state index contributed by atoms with van der Waals surface area (Å²) in [6, 6.07) is 17.7. The van der Waals surface area contributed by atoms with Crippen molar-refractivity contribution in [1.29, 1.82) is 0 Å². The average molecular weight is 458 g/mol. The number of pyridine rings is 1. The predicted octanol–water partition coefficient (Wildman–Crippen LogP) is 5.49. The number of carbonyl (C=O) groups excluding carboxylic acids is 1. The maximum Gasteiger partial charge on any atom is 0.225 e. The highest BCUT2D eigenvalue weighted by molar-refractivity contribution is 7.09. The topological polar surface area (TPSA) is 64.1 Å². The minimum Gasteiger partial charge on any atom is -0.489 e. The maximum atomic E-state index is 12.9. The fourth-order valence-electron chi connectivity index (χ4n) is 3.75. The Morgan fingerprint density at radius 1 is 1.09 bits per heavy atom. The lowest BCUT2D eigenvalue weighted by Gasteiger charge is -2.20. The van der Waals surface area contributed by atoms with Crippen molar-refractivity contribution < 1.29 is 9.53 Å². The van der Waals surface area contributed by atoms with Crippen LogP contribution in [0.2, 0.25) is 0 Å². The van der Waals surface area contributed by atoms with Gasteiger partial charge >= 0.3 is 0 Å². The molecule has 2 aromatic heterocycles. The number of benzene rings is 2. The number of nitrogens with one attached hydrogen (secondary N) is 1. The number of nitrogens with zero attached hydrogens (tertiary/aromatic N) is 2. The molecular formula is C27H27N3O2S. The van der Waals surface area contributed by atoms with Crippen molar-refractivity contribution in [1.82, 2.24) is 15.3 Å². The van der Waals surface area contributed by atoms with E-state index in [1.165, 1.54) is 5.56 Å². The first-order valence-corrected chi connectivity index (χ1v) is 11.7. The van der Waals surface area contributed by atoms with Crippen LogP contribution in [0.4, 0.5) is 0 Å². The second kappa shape index (κ2) is 10.4. The molecule has 5 nitrogen and oxygen atoms in total. The van der Waals surface area contributed by atoms with Gasteiger partial charge in [0, 0.05) is 23.7 Å². The summed E-state index contributed by atoms with van der Waals surface area (Å²) in [6.45, 7) is 6.58. The maximum absolute atomic E-state index is 12.9. The van der Waals surface area contributed by atoms with Crippen molar-refractivity contribution in [3.05, 3.63) is 111 Å². The molecule has 4 rings (SSSR count). The first-order chi connectivity index (χ1) is 16.0. The van der Waals surface area contributed by atoms with Crippen LogP contribution in [-0.4, -0.2) is 15.9 Å². The lowest BCUT2D eigenvalue weighted by Crippen LogP contribution is -2.30. The number of carbonyl (C=O) groups is 1. The van der Waals surface area contributed by atoms with Gasteiger partial charge in [0.05, 0.1) is 22.9 Å².